The van der Waals surface area contributed by atoms with E-state index >= 15 is 0 Å². The molecule has 0 atom stereocenters. The normalized spacial score (nSPS) is 9.83. The number of carbonyl (C=O) groups excluding carboxylic acids is 3. The quantitative estimate of drug-likeness (QED) is 0.643. The molecule has 0 aliphatic carbocycles. The predicted molar refractivity (Wildman–Crippen MR) is 90.8 cm³/mol. The average molecular weight is 341 g/mol. The lowest BCUT2D eigenvalue weighted by atomic mass is 10.2. The van der Waals surface area contributed by atoms with E-state index < -0.39 is 11.8 Å². The second-order valence-corrected chi connectivity index (χ2v) is 6.11. The Morgan fingerprint density at radius 1 is 1.12 bits per heavy atom. The number of carbonyl (C=O) groups is 3. The molecule has 0 spiro atoms. The fourth-order valence-electron chi connectivity index (χ4n) is 1.95. The van der Waals surface area contributed by atoms with Crippen molar-refractivity contribution in [3.8, 4) is 6.07 Å². The van der Waals surface area contributed by atoms with Crippen molar-refractivity contribution in [2.45, 2.75) is 13.3 Å². The Balaban J connectivity index is 1.84. The summed E-state index contributed by atoms with van der Waals surface area (Å²) >= 11 is 1.37. The van der Waals surface area contributed by atoms with Gasteiger partial charge in [-0.05, 0) is 37.6 Å². The smallest absolute Gasteiger partial charge is 0.313 e. The number of nitrogens with zero attached hydrogens (tertiary/aromatic N) is 1. The minimum absolute atomic E-state index is 0.00539. The fourth-order valence-corrected chi connectivity index (χ4v) is 2.85. The minimum atomic E-state index is -0.826. The standard InChI is InChI=1S/C17H15N3O3S/c1-11(21)15-7-6-13(24-15)8-9-19-16(22)17(23)20-14-5-3-2-4-12(14)10-18/h2-7H,8-9H2,1H3,(H,19,22)(H,20,23). The van der Waals surface area contributed by atoms with Crippen molar-refractivity contribution >= 4 is 34.6 Å². The number of nitriles is 1. The molecule has 7 heteroatoms. The van der Waals surface area contributed by atoms with E-state index in [2.05, 4.69) is 10.6 Å². The molecule has 2 amide bonds. The number of para-hydroxylation sites is 1. The van der Waals surface area contributed by atoms with E-state index in [0.29, 0.717) is 17.0 Å². The highest BCUT2D eigenvalue weighted by Gasteiger charge is 2.15. The van der Waals surface area contributed by atoms with Gasteiger partial charge in [0.15, 0.2) is 5.78 Å². The molecule has 1 heterocycles. The molecule has 2 rings (SSSR count). The van der Waals surface area contributed by atoms with Gasteiger partial charge in [-0.1, -0.05) is 12.1 Å². The summed E-state index contributed by atoms with van der Waals surface area (Å²) in [6.07, 6.45) is 0.533. The highest BCUT2D eigenvalue weighted by Crippen LogP contribution is 2.17. The highest BCUT2D eigenvalue weighted by molar-refractivity contribution is 7.14. The Morgan fingerprint density at radius 3 is 2.54 bits per heavy atom. The molecule has 0 aliphatic heterocycles. The maximum absolute atomic E-state index is 11.8. The van der Waals surface area contributed by atoms with Gasteiger partial charge in [0.05, 0.1) is 16.1 Å². The molecule has 2 N–H and O–H groups in total. The number of Topliss-reactive ketones (excluding diaryl/α,β-unsaturated/α-hetero) is 1. The summed E-state index contributed by atoms with van der Waals surface area (Å²) in [5.74, 6) is -1.59. The first-order valence-corrected chi connectivity index (χ1v) is 8.01. The van der Waals surface area contributed by atoms with Gasteiger partial charge in [-0.2, -0.15) is 5.26 Å². The van der Waals surface area contributed by atoms with Crippen LogP contribution in [-0.4, -0.2) is 24.1 Å². The number of hydrogen-bond acceptors (Lipinski definition) is 5. The number of anilines is 1. The third-order valence-electron chi connectivity index (χ3n) is 3.17. The van der Waals surface area contributed by atoms with Crippen LogP contribution in [0.15, 0.2) is 36.4 Å². The molecule has 1 aromatic heterocycles. The van der Waals surface area contributed by atoms with Crippen molar-refractivity contribution in [3.63, 3.8) is 0 Å². The average Bonchev–Trinajstić information content (AvgIpc) is 3.04. The van der Waals surface area contributed by atoms with Gasteiger partial charge in [0, 0.05) is 11.4 Å². The zero-order valence-corrected chi connectivity index (χ0v) is 13.8. The zero-order valence-electron chi connectivity index (χ0n) is 13.0. The molecule has 1 aromatic carbocycles. The van der Waals surface area contributed by atoms with Gasteiger partial charge in [0.25, 0.3) is 0 Å². The molecule has 0 unspecified atom stereocenters. The Hall–Kier alpha value is -2.98. The van der Waals surface area contributed by atoms with E-state index in [1.807, 2.05) is 12.1 Å². The molecule has 0 radical (unpaired) electrons. The van der Waals surface area contributed by atoms with Crippen LogP contribution in [0.1, 0.15) is 27.0 Å². The molecule has 0 saturated carbocycles. The van der Waals surface area contributed by atoms with Gasteiger partial charge in [-0.25, -0.2) is 0 Å². The summed E-state index contributed by atoms with van der Waals surface area (Å²) < 4.78 is 0. The van der Waals surface area contributed by atoms with Gasteiger partial charge < -0.3 is 10.6 Å². The molecule has 6 nitrogen and oxygen atoms in total. The van der Waals surface area contributed by atoms with Gasteiger partial charge in [0.1, 0.15) is 6.07 Å². The number of ketones is 1. The Labute approximate surface area is 143 Å². The van der Waals surface area contributed by atoms with Gasteiger partial charge in [0.2, 0.25) is 0 Å². The van der Waals surface area contributed by atoms with Crippen LogP contribution >= 0.6 is 11.3 Å². The van der Waals surface area contributed by atoms with Gasteiger partial charge in [-0.3, -0.25) is 14.4 Å². The lowest BCUT2D eigenvalue weighted by Crippen LogP contribution is -2.36. The first-order chi connectivity index (χ1) is 11.5. The van der Waals surface area contributed by atoms with Gasteiger partial charge >= 0.3 is 11.8 Å². The molecule has 2 aromatic rings. The van der Waals surface area contributed by atoms with Crippen LogP contribution in [0.25, 0.3) is 0 Å². The topological polar surface area (TPSA) is 99.1 Å². The monoisotopic (exact) mass is 341 g/mol. The number of rotatable bonds is 5. The number of benzene rings is 1. The summed E-state index contributed by atoms with van der Waals surface area (Å²) in [6.45, 7) is 1.78. The molecule has 122 valence electrons. The van der Waals surface area contributed by atoms with Crippen LogP contribution in [0.3, 0.4) is 0 Å². The lowest BCUT2D eigenvalue weighted by Gasteiger charge is -2.07. The number of hydrogen-bond donors (Lipinski definition) is 2. The van der Waals surface area contributed by atoms with Crippen molar-refractivity contribution in [1.82, 2.24) is 5.32 Å². The molecule has 0 saturated heterocycles. The molecule has 0 bridgehead atoms. The predicted octanol–water partition coefficient (Wildman–Crippen LogP) is 2.12. The van der Waals surface area contributed by atoms with Crippen LogP contribution in [0, 0.1) is 11.3 Å². The largest absolute Gasteiger partial charge is 0.347 e. The third kappa shape index (κ3) is 4.51. The molecule has 0 fully saturated rings. The van der Waals surface area contributed by atoms with E-state index in [4.69, 9.17) is 5.26 Å². The van der Waals surface area contributed by atoms with Gasteiger partial charge in [-0.15, -0.1) is 11.3 Å². The van der Waals surface area contributed by atoms with Crippen LogP contribution in [0.2, 0.25) is 0 Å². The van der Waals surface area contributed by atoms with Crippen molar-refractivity contribution < 1.29 is 14.4 Å². The first-order valence-electron chi connectivity index (χ1n) is 7.19. The van der Waals surface area contributed by atoms with Crippen LogP contribution < -0.4 is 10.6 Å². The summed E-state index contributed by atoms with van der Waals surface area (Å²) in [5.41, 5.74) is 0.582. The van der Waals surface area contributed by atoms with Crippen molar-refractivity contribution in [1.29, 1.82) is 5.26 Å². The molecule has 0 aliphatic rings. The van der Waals surface area contributed by atoms with E-state index in [0.717, 1.165) is 4.88 Å². The van der Waals surface area contributed by atoms with Crippen molar-refractivity contribution in [2.75, 3.05) is 11.9 Å². The van der Waals surface area contributed by atoms with Crippen LogP contribution in [0.4, 0.5) is 5.69 Å². The number of amides is 2. The minimum Gasteiger partial charge on any atom is -0.347 e. The zero-order chi connectivity index (χ0) is 17.5. The summed E-state index contributed by atoms with van der Waals surface area (Å²) in [4.78, 5) is 36.5. The Morgan fingerprint density at radius 2 is 1.88 bits per heavy atom. The van der Waals surface area contributed by atoms with Crippen LogP contribution in [0.5, 0.6) is 0 Å². The Bertz CT molecular complexity index is 820. The van der Waals surface area contributed by atoms with E-state index in [1.165, 1.54) is 18.3 Å². The lowest BCUT2D eigenvalue weighted by molar-refractivity contribution is -0.136. The second kappa shape index (κ2) is 8.04. The highest BCUT2D eigenvalue weighted by atomic mass is 32.1. The molecular formula is C17H15N3O3S. The van der Waals surface area contributed by atoms with E-state index in [-0.39, 0.29) is 17.9 Å². The second-order valence-electron chi connectivity index (χ2n) is 4.94. The van der Waals surface area contributed by atoms with Crippen molar-refractivity contribution in [3.05, 3.63) is 51.7 Å². The first kappa shape index (κ1) is 17.4. The Kier molecular flexibility index (Phi) is 5.82. The molecule has 24 heavy (non-hydrogen) atoms. The summed E-state index contributed by atoms with van der Waals surface area (Å²) in [7, 11) is 0. The SMILES string of the molecule is CC(=O)c1ccc(CCNC(=O)C(=O)Nc2ccccc2C#N)s1. The van der Waals surface area contributed by atoms with E-state index in [1.54, 1.807) is 30.3 Å². The van der Waals surface area contributed by atoms with Crippen molar-refractivity contribution in [2.24, 2.45) is 0 Å². The van der Waals surface area contributed by atoms with Crippen LogP contribution in [-0.2, 0) is 16.0 Å². The summed E-state index contributed by atoms with van der Waals surface area (Å²) in [5, 5.41) is 13.9. The maximum Gasteiger partial charge on any atom is 0.313 e. The molecular weight excluding hydrogens is 326 g/mol. The summed E-state index contributed by atoms with van der Waals surface area (Å²) in [6, 6.07) is 12.0. The maximum atomic E-state index is 11.8. The third-order valence-corrected chi connectivity index (χ3v) is 4.41. The van der Waals surface area contributed by atoms with E-state index in [9.17, 15) is 14.4 Å². The number of thiophene rings is 1. The number of nitrogens with one attached hydrogen (secondary N) is 2. The fraction of sp³-hybridized carbons (Fsp3) is 0.176.